The Morgan fingerprint density at radius 3 is 2.94 bits per heavy atom. The van der Waals surface area contributed by atoms with Gasteiger partial charge in [-0.05, 0) is 35.6 Å². The second-order valence-corrected chi connectivity index (χ2v) is 5.13. The maximum atomic E-state index is 13.0. The lowest BCUT2D eigenvalue weighted by Gasteiger charge is -2.10. The summed E-state index contributed by atoms with van der Waals surface area (Å²) < 4.78 is 18.3. The lowest BCUT2D eigenvalue weighted by atomic mass is 10.1. The number of hydrogen-bond donors (Lipinski definition) is 0. The quantitative estimate of drug-likeness (QED) is 0.748. The Bertz CT molecular complexity index is 498. The van der Waals surface area contributed by atoms with Crippen molar-refractivity contribution in [2.45, 2.75) is 11.8 Å². The highest BCUT2D eigenvalue weighted by Crippen LogP contribution is 2.36. The minimum atomic E-state index is -0.232. The van der Waals surface area contributed by atoms with Crippen LogP contribution in [-0.4, -0.2) is 7.11 Å². The van der Waals surface area contributed by atoms with E-state index in [1.165, 1.54) is 12.1 Å². The van der Waals surface area contributed by atoms with Crippen LogP contribution in [0.5, 0.6) is 5.75 Å². The fourth-order valence-electron chi connectivity index (χ4n) is 1.67. The molecule has 1 atom stereocenters. The van der Waals surface area contributed by atoms with E-state index in [2.05, 4.69) is 0 Å². The van der Waals surface area contributed by atoms with E-state index in [0.717, 1.165) is 16.2 Å². The van der Waals surface area contributed by atoms with Crippen molar-refractivity contribution in [1.82, 2.24) is 0 Å². The summed E-state index contributed by atoms with van der Waals surface area (Å²) in [6.45, 7) is 0. The Kier molecular flexibility index (Phi) is 4.02. The molecule has 0 amide bonds. The highest BCUT2D eigenvalue weighted by atomic mass is 35.5. The van der Waals surface area contributed by atoms with E-state index < -0.39 is 0 Å². The van der Waals surface area contributed by atoms with Crippen LogP contribution in [0.1, 0.15) is 15.8 Å². The predicted octanol–water partition coefficient (Wildman–Crippen LogP) is 4.42. The van der Waals surface area contributed by atoms with Crippen LogP contribution in [0.25, 0.3) is 0 Å². The molecule has 0 saturated carbocycles. The zero-order valence-corrected chi connectivity index (χ0v) is 10.9. The molecule has 2 rings (SSSR count). The van der Waals surface area contributed by atoms with E-state index >= 15 is 0 Å². The highest BCUT2D eigenvalue weighted by molar-refractivity contribution is 7.10. The molecule has 17 heavy (non-hydrogen) atoms. The summed E-state index contributed by atoms with van der Waals surface area (Å²) in [6, 6.07) is 8.40. The van der Waals surface area contributed by atoms with Crippen LogP contribution < -0.4 is 4.74 Å². The molecule has 0 aliphatic carbocycles. The summed E-state index contributed by atoms with van der Waals surface area (Å²) in [5.41, 5.74) is 0.889. The number of benzene rings is 1. The SMILES string of the molecule is COc1ccsc1C(Cl)Cc1cccc(F)c1. The van der Waals surface area contributed by atoms with Gasteiger partial charge in [0.15, 0.2) is 0 Å². The molecule has 0 aliphatic rings. The molecule has 0 N–H and O–H groups in total. The van der Waals surface area contributed by atoms with Gasteiger partial charge in [-0.1, -0.05) is 12.1 Å². The highest BCUT2D eigenvalue weighted by Gasteiger charge is 2.15. The van der Waals surface area contributed by atoms with Crippen LogP contribution in [0.15, 0.2) is 35.7 Å². The topological polar surface area (TPSA) is 9.23 Å². The molecule has 1 heterocycles. The summed E-state index contributed by atoms with van der Waals surface area (Å²) in [7, 11) is 1.62. The van der Waals surface area contributed by atoms with Crippen LogP contribution in [0.4, 0.5) is 4.39 Å². The smallest absolute Gasteiger partial charge is 0.134 e. The van der Waals surface area contributed by atoms with Gasteiger partial charge < -0.3 is 4.74 Å². The zero-order valence-electron chi connectivity index (χ0n) is 9.32. The first-order valence-corrected chi connectivity index (χ1v) is 6.52. The van der Waals surface area contributed by atoms with Gasteiger partial charge in [0.2, 0.25) is 0 Å². The van der Waals surface area contributed by atoms with E-state index in [0.29, 0.717) is 6.42 Å². The third-order valence-electron chi connectivity index (χ3n) is 2.47. The number of alkyl halides is 1. The largest absolute Gasteiger partial charge is 0.496 e. The third kappa shape index (κ3) is 2.99. The number of hydrogen-bond acceptors (Lipinski definition) is 2. The average Bonchev–Trinajstić information content (AvgIpc) is 2.77. The van der Waals surface area contributed by atoms with Crippen LogP contribution in [0, 0.1) is 5.82 Å². The van der Waals surface area contributed by atoms with E-state index in [-0.39, 0.29) is 11.2 Å². The second kappa shape index (κ2) is 5.52. The van der Waals surface area contributed by atoms with Gasteiger partial charge in [-0.25, -0.2) is 4.39 Å². The fourth-order valence-corrected chi connectivity index (χ4v) is 2.95. The fraction of sp³-hybridized carbons (Fsp3) is 0.231. The van der Waals surface area contributed by atoms with Crippen molar-refractivity contribution in [3.63, 3.8) is 0 Å². The maximum absolute atomic E-state index is 13.0. The predicted molar refractivity (Wildman–Crippen MR) is 69.6 cm³/mol. The molecule has 0 spiro atoms. The minimum Gasteiger partial charge on any atom is -0.496 e. The summed E-state index contributed by atoms with van der Waals surface area (Å²) in [5, 5.41) is 1.75. The monoisotopic (exact) mass is 270 g/mol. The number of halogens is 2. The van der Waals surface area contributed by atoms with Crippen LogP contribution in [0.3, 0.4) is 0 Å². The molecular weight excluding hydrogens is 259 g/mol. The van der Waals surface area contributed by atoms with Crippen molar-refractivity contribution in [3.05, 3.63) is 52.0 Å². The Hall–Kier alpha value is -1.06. The second-order valence-electron chi connectivity index (χ2n) is 3.65. The number of methoxy groups -OCH3 is 1. The summed E-state index contributed by atoms with van der Waals surface area (Å²) in [6.07, 6.45) is 0.593. The Balaban J connectivity index is 2.14. The van der Waals surface area contributed by atoms with Gasteiger partial charge in [-0.2, -0.15) is 0 Å². The number of rotatable bonds is 4. The molecule has 1 aromatic carbocycles. The van der Waals surface area contributed by atoms with Crippen molar-refractivity contribution in [2.24, 2.45) is 0 Å². The Labute approximate surface area is 109 Å². The van der Waals surface area contributed by atoms with E-state index in [9.17, 15) is 4.39 Å². The maximum Gasteiger partial charge on any atom is 0.134 e. The molecule has 0 aliphatic heterocycles. The molecule has 1 nitrogen and oxygen atoms in total. The van der Waals surface area contributed by atoms with Crippen molar-refractivity contribution in [1.29, 1.82) is 0 Å². The summed E-state index contributed by atoms with van der Waals surface area (Å²) in [5.74, 6) is 0.566. The van der Waals surface area contributed by atoms with E-state index in [1.54, 1.807) is 24.5 Å². The van der Waals surface area contributed by atoms with Crippen LogP contribution in [0.2, 0.25) is 0 Å². The minimum absolute atomic E-state index is 0.188. The van der Waals surface area contributed by atoms with E-state index in [4.69, 9.17) is 16.3 Å². The molecule has 0 bridgehead atoms. The normalized spacial score (nSPS) is 12.4. The molecule has 1 unspecified atom stereocenters. The van der Waals surface area contributed by atoms with Gasteiger partial charge in [-0.15, -0.1) is 22.9 Å². The third-order valence-corrected chi connectivity index (χ3v) is 3.98. The summed E-state index contributed by atoms with van der Waals surface area (Å²) in [4.78, 5) is 0.985. The first kappa shape index (κ1) is 12.4. The molecule has 0 fully saturated rings. The molecule has 1 aromatic heterocycles. The Morgan fingerprint density at radius 2 is 2.24 bits per heavy atom. The van der Waals surface area contributed by atoms with Crippen molar-refractivity contribution >= 4 is 22.9 Å². The van der Waals surface area contributed by atoms with Crippen molar-refractivity contribution in [2.75, 3.05) is 7.11 Å². The van der Waals surface area contributed by atoms with Gasteiger partial charge in [-0.3, -0.25) is 0 Å². The number of thiophene rings is 1. The molecule has 90 valence electrons. The van der Waals surface area contributed by atoms with Gasteiger partial charge in [0.25, 0.3) is 0 Å². The van der Waals surface area contributed by atoms with Gasteiger partial charge >= 0.3 is 0 Å². The molecule has 4 heteroatoms. The molecular formula is C13H12ClFOS. The van der Waals surface area contributed by atoms with Gasteiger partial charge in [0.1, 0.15) is 11.6 Å². The van der Waals surface area contributed by atoms with Gasteiger partial charge in [0, 0.05) is 0 Å². The lowest BCUT2D eigenvalue weighted by molar-refractivity contribution is 0.412. The molecule has 2 aromatic rings. The van der Waals surface area contributed by atoms with Crippen LogP contribution in [-0.2, 0) is 6.42 Å². The van der Waals surface area contributed by atoms with Crippen molar-refractivity contribution < 1.29 is 9.13 Å². The average molecular weight is 271 g/mol. The van der Waals surface area contributed by atoms with E-state index in [1.807, 2.05) is 17.5 Å². The number of ether oxygens (including phenoxy) is 1. The Morgan fingerprint density at radius 1 is 1.41 bits per heavy atom. The summed E-state index contributed by atoms with van der Waals surface area (Å²) >= 11 is 7.88. The first-order chi connectivity index (χ1) is 8.20. The van der Waals surface area contributed by atoms with Crippen molar-refractivity contribution in [3.8, 4) is 5.75 Å². The zero-order chi connectivity index (χ0) is 12.3. The standard InChI is InChI=1S/C13H12ClFOS/c1-16-12-5-6-17-13(12)11(14)8-9-3-2-4-10(15)7-9/h2-7,11H,8H2,1H3. The van der Waals surface area contributed by atoms with Gasteiger partial charge in [0.05, 0.1) is 17.4 Å². The molecule has 0 saturated heterocycles. The lowest BCUT2D eigenvalue weighted by Crippen LogP contribution is -1.96. The first-order valence-electron chi connectivity index (χ1n) is 5.20. The molecule has 0 radical (unpaired) electrons. The van der Waals surface area contributed by atoms with Crippen LogP contribution >= 0.6 is 22.9 Å².